The molecule has 0 radical (unpaired) electrons. The molecule has 0 aromatic carbocycles. The van der Waals surface area contributed by atoms with Crippen LogP contribution in [0, 0.1) is 17.3 Å². The Morgan fingerprint density at radius 3 is 2.06 bits per heavy atom. The monoisotopic (exact) mass is 251 g/mol. The van der Waals surface area contributed by atoms with E-state index in [1.54, 1.807) is 27.7 Å². The lowest BCUT2D eigenvalue weighted by molar-refractivity contribution is -0.193. The predicted molar refractivity (Wildman–Crippen MR) is 60.4 cm³/mol. The summed E-state index contributed by atoms with van der Waals surface area (Å²) in [6, 6.07) is -1.64. The first-order valence-electron chi connectivity index (χ1n) is 5.67. The van der Waals surface area contributed by atoms with Crippen LogP contribution in [0.1, 0.15) is 27.7 Å². The Balaban J connectivity index is 3.16. The summed E-state index contributed by atoms with van der Waals surface area (Å²) in [5.74, 6) is -1.18. The van der Waals surface area contributed by atoms with Crippen molar-refractivity contribution in [2.45, 2.75) is 39.9 Å². The highest BCUT2D eigenvalue weighted by Gasteiger charge is 2.57. The van der Waals surface area contributed by atoms with Crippen LogP contribution in [-0.2, 0) is 0 Å². The van der Waals surface area contributed by atoms with Gasteiger partial charge < -0.3 is 10.0 Å². The molecule has 1 fully saturated rings. The highest BCUT2D eigenvalue weighted by molar-refractivity contribution is 5.04. The van der Waals surface area contributed by atoms with Crippen LogP contribution in [0.2, 0.25) is 0 Å². The second-order valence-electron chi connectivity index (χ2n) is 5.92. The molecule has 0 aromatic rings. The molecule has 0 bridgehead atoms. The summed E-state index contributed by atoms with van der Waals surface area (Å²) in [7, 11) is 0. The lowest BCUT2D eigenvalue weighted by Gasteiger charge is -2.37. The minimum Gasteiger partial charge on any atom is -0.495 e. The molecule has 0 spiro atoms. The molecule has 3 atom stereocenters. The van der Waals surface area contributed by atoms with Gasteiger partial charge in [0.15, 0.2) is 5.88 Å². The molecule has 1 heterocycles. The highest BCUT2D eigenvalue weighted by Crippen LogP contribution is 2.48. The lowest BCUT2D eigenvalue weighted by Crippen LogP contribution is -2.47. The molecule has 100 valence electrons. The standard InChI is InChI=1S/C12H20F3NO/c1-7-6-16(8(2)17)10(12(13,14)15)9(7)11(3,4)5/h7,9-10,17H,2,6H2,1,3-5H3/t7?,9?,10-/m0/s1. The van der Waals surface area contributed by atoms with Crippen molar-refractivity contribution < 1.29 is 18.3 Å². The molecular weight excluding hydrogens is 231 g/mol. The van der Waals surface area contributed by atoms with Crippen molar-refractivity contribution in [3.8, 4) is 0 Å². The van der Waals surface area contributed by atoms with Crippen molar-refractivity contribution in [3.05, 3.63) is 12.5 Å². The summed E-state index contributed by atoms with van der Waals surface area (Å²) < 4.78 is 39.4. The zero-order valence-corrected chi connectivity index (χ0v) is 10.7. The highest BCUT2D eigenvalue weighted by atomic mass is 19.4. The van der Waals surface area contributed by atoms with E-state index in [-0.39, 0.29) is 12.5 Å². The van der Waals surface area contributed by atoms with E-state index in [1.165, 1.54) is 0 Å². The van der Waals surface area contributed by atoms with Gasteiger partial charge in [-0.1, -0.05) is 27.7 Å². The van der Waals surface area contributed by atoms with Crippen LogP contribution in [0.3, 0.4) is 0 Å². The Bertz CT molecular complexity index is 306. The molecular formula is C12H20F3NO. The van der Waals surface area contributed by atoms with E-state index < -0.39 is 29.4 Å². The second-order valence-corrected chi connectivity index (χ2v) is 5.92. The van der Waals surface area contributed by atoms with E-state index in [0.717, 1.165) is 4.90 Å². The molecule has 1 rings (SSSR count). The molecule has 0 saturated carbocycles. The molecule has 1 aliphatic rings. The third-order valence-corrected chi connectivity index (χ3v) is 3.44. The first kappa shape index (κ1) is 14.2. The number of hydrogen-bond acceptors (Lipinski definition) is 2. The first-order chi connectivity index (χ1) is 7.46. The minimum absolute atomic E-state index is 0.134. The van der Waals surface area contributed by atoms with Gasteiger partial charge in [-0.15, -0.1) is 0 Å². The molecule has 5 heteroatoms. The van der Waals surface area contributed by atoms with Crippen molar-refractivity contribution in [2.75, 3.05) is 6.54 Å². The van der Waals surface area contributed by atoms with Gasteiger partial charge in [0.2, 0.25) is 0 Å². The third-order valence-electron chi connectivity index (χ3n) is 3.44. The van der Waals surface area contributed by atoms with E-state index in [4.69, 9.17) is 0 Å². The predicted octanol–water partition coefficient (Wildman–Crippen LogP) is 3.56. The molecule has 2 nitrogen and oxygen atoms in total. The van der Waals surface area contributed by atoms with Crippen molar-refractivity contribution in [1.29, 1.82) is 0 Å². The maximum atomic E-state index is 13.1. The number of rotatable bonds is 1. The van der Waals surface area contributed by atoms with Gasteiger partial charge in [-0.3, -0.25) is 0 Å². The number of aliphatic hydroxyl groups is 1. The van der Waals surface area contributed by atoms with E-state index in [1.807, 2.05) is 0 Å². The lowest BCUT2D eigenvalue weighted by atomic mass is 9.72. The van der Waals surface area contributed by atoms with Crippen LogP contribution < -0.4 is 0 Å². The Morgan fingerprint density at radius 2 is 1.76 bits per heavy atom. The Morgan fingerprint density at radius 1 is 1.29 bits per heavy atom. The third kappa shape index (κ3) is 2.69. The summed E-state index contributed by atoms with van der Waals surface area (Å²) >= 11 is 0. The van der Waals surface area contributed by atoms with Gasteiger partial charge >= 0.3 is 6.18 Å². The Labute approximate surface area is 100 Å². The van der Waals surface area contributed by atoms with Crippen molar-refractivity contribution >= 4 is 0 Å². The van der Waals surface area contributed by atoms with Crippen LogP contribution in [-0.4, -0.2) is 28.8 Å². The molecule has 1 aliphatic heterocycles. The summed E-state index contributed by atoms with van der Waals surface area (Å²) in [4.78, 5) is 0.973. The molecule has 1 N–H and O–H groups in total. The molecule has 17 heavy (non-hydrogen) atoms. The van der Waals surface area contributed by atoms with Crippen LogP contribution in [0.15, 0.2) is 12.5 Å². The van der Waals surface area contributed by atoms with E-state index in [9.17, 15) is 18.3 Å². The number of halogens is 3. The largest absolute Gasteiger partial charge is 0.495 e. The molecule has 0 amide bonds. The molecule has 0 aromatic heterocycles. The normalized spacial score (nSPS) is 30.8. The summed E-state index contributed by atoms with van der Waals surface area (Å²) in [6.45, 7) is 10.6. The Kier molecular flexibility index (Phi) is 3.43. The zero-order chi connectivity index (χ0) is 13.6. The summed E-state index contributed by atoms with van der Waals surface area (Å²) in [5.41, 5.74) is -0.468. The average Bonchev–Trinajstić information content (AvgIpc) is 2.40. The van der Waals surface area contributed by atoms with Gasteiger partial charge in [-0.05, 0) is 23.8 Å². The fraction of sp³-hybridized carbons (Fsp3) is 0.833. The second kappa shape index (κ2) is 4.10. The number of nitrogens with zero attached hydrogens (tertiary/aromatic N) is 1. The smallest absolute Gasteiger partial charge is 0.409 e. The van der Waals surface area contributed by atoms with Crippen molar-refractivity contribution in [2.24, 2.45) is 17.3 Å². The summed E-state index contributed by atoms with van der Waals surface area (Å²) in [6.07, 6.45) is -4.35. The number of hydrogen-bond donors (Lipinski definition) is 1. The van der Waals surface area contributed by atoms with Gasteiger partial charge in [0.25, 0.3) is 0 Å². The summed E-state index contributed by atoms with van der Waals surface area (Å²) in [5, 5.41) is 9.32. The quantitative estimate of drug-likeness (QED) is 0.720. The molecule has 1 saturated heterocycles. The Hall–Kier alpha value is -0.870. The van der Waals surface area contributed by atoms with Crippen molar-refractivity contribution in [1.82, 2.24) is 4.90 Å². The van der Waals surface area contributed by atoms with Crippen LogP contribution in [0.25, 0.3) is 0 Å². The van der Waals surface area contributed by atoms with Gasteiger partial charge in [0.05, 0.1) is 0 Å². The van der Waals surface area contributed by atoms with Gasteiger partial charge in [-0.25, -0.2) is 0 Å². The van der Waals surface area contributed by atoms with Crippen LogP contribution >= 0.6 is 0 Å². The van der Waals surface area contributed by atoms with E-state index in [0.29, 0.717) is 0 Å². The van der Waals surface area contributed by atoms with Crippen LogP contribution in [0.5, 0.6) is 0 Å². The van der Waals surface area contributed by atoms with Gasteiger partial charge in [-0.2, -0.15) is 13.2 Å². The number of aliphatic hydroxyl groups excluding tert-OH is 1. The maximum Gasteiger partial charge on any atom is 0.409 e. The first-order valence-corrected chi connectivity index (χ1v) is 5.67. The number of alkyl halides is 3. The minimum atomic E-state index is -4.35. The number of likely N-dealkylation sites (tertiary alicyclic amines) is 1. The average molecular weight is 251 g/mol. The van der Waals surface area contributed by atoms with Gasteiger partial charge in [0.1, 0.15) is 6.04 Å². The fourth-order valence-electron chi connectivity index (χ4n) is 3.02. The zero-order valence-electron chi connectivity index (χ0n) is 10.7. The fourth-order valence-corrected chi connectivity index (χ4v) is 3.02. The maximum absolute atomic E-state index is 13.1. The topological polar surface area (TPSA) is 23.5 Å². The van der Waals surface area contributed by atoms with Gasteiger partial charge in [0, 0.05) is 6.54 Å². The molecule has 2 unspecified atom stereocenters. The van der Waals surface area contributed by atoms with Crippen molar-refractivity contribution in [3.63, 3.8) is 0 Å². The van der Waals surface area contributed by atoms with E-state index in [2.05, 4.69) is 6.58 Å². The van der Waals surface area contributed by atoms with E-state index >= 15 is 0 Å². The SMILES string of the molecule is C=C(O)N1CC(C)C(C(C)(C)C)[C@H]1C(F)(F)F. The van der Waals surface area contributed by atoms with Crippen LogP contribution in [0.4, 0.5) is 13.2 Å². The molecule has 0 aliphatic carbocycles.